The second kappa shape index (κ2) is 6.00. The highest BCUT2D eigenvalue weighted by Crippen LogP contribution is 2.20. The van der Waals surface area contributed by atoms with Gasteiger partial charge in [0.05, 0.1) is 4.90 Å². The Morgan fingerprint density at radius 1 is 1.00 bits per heavy atom. The number of carbonyl (C=O) groups is 1. The summed E-state index contributed by atoms with van der Waals surface area (Å²) in [6.45, 7) is 0. The summed E-state index contributed by atoms with van der Waals surface area (Å²) in [5.41, 5.74) is 0.680. The monoisotopic (exact) mass is 334 g/mol. The Bertz CT molecular complexity index is 813. The maximum atomic E-state index is 12.8. The van der Waals surface area contributed by atoms with E-state index >= 15 is 0 Å². The van der Waals surface area contributed by atoms with Crippen molar-refractivity contribution in [3.8, 4) is 0 Å². The molecule has 2 aromatic rings. The molecule has 7 heteroatoms. The molecular formula is C16H15FN2O3S. The Kier molecular flexibility index (Phi) is 4.04. The van der Waals surface area contributed by atoms with Crippen LogP contribution in [0, 0.1) is 5.82 Å². The average Bonchev–Trinajstić information content (AvgIpc) is 3.33. The molecule has 0 bridgehead atoms. The summed E-state index contributed by atoms with van der Waals surface area (Å²) in [7, 11) is -3.78. The second-order valence-corrected chi connectivity index (χ2v) is 7.07. The fourth-order valence-corrected chi connectivity index (χ4v) is 3.07. The Hall–Kier alpha value is -2.41. The van der Waals surface area contributed by atoms with Gasteiger partial charge < -0.3 is 5.32 Å². The molecule has 0 heterocycles. The van der Waals surface area contributed by atoms with Gasteiger partial charge in [0.15, 0.2) is 0 Å². The van der Waals surface area contributed by atoms with Crippen molar-refractivity contribution >= 4 is 21.6 Å². The Balaban J connectivity index is 1.74. The van der Waals surface area contributed by atoms with E-state index in [9.17, 15) is 17.6 Å². The number of rotatable bonds is 5. The number of hydrogen-bond donors (Lipinski definition) is 2. The fraction of sp³-hybridized carbons (Fsp3) is 0.188. The molecule has 5 nitrogen and oxygen atoms in total. The van der Waals surface area contributed by atoms with Crippen molar-refractivity contribution in [2.24, 2.45) is 0 Å². The van der Waals surface area contributed by atoms with Crippen LogP contribution in [-0.2, 0) is 10.0 Å². The van der Waals surface area contributed by atoms with Gasteiger partial charge >= 0.3 is 0 Å². The summed E-state index contributed by atoms with van der Waals surface area (Å²) >= 11 is 0. The van der Waals surface area contributed by atoms with E-state index in [0.29, 0.717) is 5.56 Å². The lowest BCUT2D eigenvalue weighted by molar-refractivity contribution is 0.0951. The van der Waals surface area contributed by atoms with E-state index in [4.69, 9.17) is 0 Å². The normalized spacial score (nSPS) is 14.3. The highest BCUT2D eigenvalue weighted by Gasteiger charge is 2.24. The van der Waals surface area contributed by atoms with E-state index in [1.165, 1.54) is 48.5 Å². The summed E-state index contributed by atoms with van der Waals surface area (Å²) in [5, 5.41) is 2.83. The van der Waals surface area contributed by atoms with Crippen molar-refractivity contribution in [3.63, 3.8) is 0 Å². The van der Waals surface area contributed by atoms with E-state index < -0.39 is 15.8 Å². The molecular weight excluding hydrogens is 319 g/mol. The molecule has 0 unspecified atom stereocenters. The van der Waals surface area contributed by atoms with Gasteiger partial charge in [-0.15, -0.1) is 0 Å². The first-order valence-corrected chi connectivity index (χ1v) is 8.62. The molecule has 1 saturated carbocycles. The molecule has 2 aromatic carbocycles. The topological polar surface area (TPSA) is 75.3 Å². The molecule has 0 atom stereocenters. The van der Waals surface area contributed by atoms with Crippen LogP contribution in [-0.4, -0.2) is 20.4 Å². The van der Waals surface area contributed by atoms with Gasteiger partial charge in [-0.25, -0.2) is 12.8 Å². The first kappa shape index (κ1) is 15.5. The minimum absolute atomic E-state index is 0.0322. The fourth-order valence-electron chi connectivity index (χ4n) is 2.01. The van der Waals surface area contributed by atoms with Gasteiger partial charge in [-0.3, -0.25) is 9.52 Å². The highest BCUT2D eigenvalue weighted by atomic mass is 32.2. The van der Waals surface area contributed by atoms with Gasteiger partial charge in [0, 0.05) is 17.3 Å². The van der Waals surface area contributed by atoms with Crippen LogP contribution in [0.3, 0.4) is 0 Å². The zero-order valence-electron chi connectivity index (χ0n) is 12.1. The van der Waals surface area contributed by atoms with Crippen LogP contribution in [0.1, 0.15) is 23.2 Å². The number of anilines is 1. The van der Waals surface area contributed by atoms with Crippen LogP contribution in [0.25, 0.3) is 0 Å². The molecule has 0 aromatic heterocycles. The van der Waals surface area contributed by atoms with Crippen molar-refractivity contribution in [1.29, 1.82) is 0 Å². The molecule has 0 saturated heterocycles. The summed E-state index contributed by atoms with van der Waals surface area (Å²) in [6, 6.07) is 10.9. The molecule has 1 aliphatic carbocycles. The van der Waals surface area contributed by atoms with Gasteiger partial charge in [-0.1, -0.05) is 0 Å². The molecule has 1 amide bonds. The van der Waals surface area contributed by atoms with Crippen molar-refractivity contribution in [2.75, 3.05) is 4.72 Å². The second-order valence-electron chi connectivity index (χ2n) is 5.38. The average molecular weight is 334 g/mol. The third-order valence-electron chi connectivity index (χ3n) is 3.44. The summed E-state index contributed by atoms with van der Waals surface area (Å²) in [5.74, 6) is -0.651. The lowest BCUT2D eigenvalue weighted by Crippen LogP contribution is -2.25. The van der Waals surface area contributed by atoms with Crippen LogP contribution < -0.4 is 10.0 Å². The van der Waals surface area contributed by atoms with E-state index in [1.807, 2.05) is 0 Å². The van der Waals surface area contributed by atoms with Crippen molar-refractivity contribution in [1.82, 2.24) is 5.32 Å². The minimum atomic E-state index is -3.78. The van der Waals surface area contributed by atoms with E-state index in [1.54, 1.807) is 0 Å². The minimum Gasteiger partial charge on any atom is -0.349 e. The SMILES string of the molecule is O=C(NC1CC1)c1ccc(S(=O)(=O)Nc2ccc(F)cc2)cc1. The largest absolute Gasteiger partial charge is 0.349 e. The molecule has 3 rings (SSSR count). The number of hydrogen-bond acceptors (Lipinski definition) is 3. The van der Waals surface area contributed by atoms with Crippen molar-refractivity contribution in [3.05, 3.63) is 59.9 Å². The molecule has 1 aliphatic rings. The Morgan fingerprint density at radius 2 is 1.61 bits per heavy atom. The summed E-state index contributed by atoms with van der Waals surface area (Å²) in [4.78, 5) is 11.9. The first-order valence-electron chi connectivity index (χ1n) is 7.13. The molecule has 2 N–H and O–H groups in total. The number of halogens is 1. The number of sulfonamides is 1. The van der Waals surface area contributed by atoms with Gasteiger partial charge in [-0.05, 0) is 61.4 Å². The van der Waals surface area contributed by atoms with Gasteiger partial charge in [-0.2, -0.15) is 0 Å². The zero-order valence-corrected chi connectivity index (χ0v) is 12.9. The van der Waals surface area contributed by atoms with E-state index in [2.05, 4.69) is 10.0 Å². The standard InChI is InChI=1S/C16H15FN2O3S/c17-12-3-5-14(6-4-12)19-23(21,22)15-9-1-11(2-10-15)16(20)18-13-7-8-13/h1-6,9-10,13,19H,7-8H2,(H,18,20). The first-order chi connectivity index (χ1) is 10.9. The smallest absolute Gasteiger partial charge is 0.261 e. The lowest BCUT2D eigenvalue weighted by atomic mass is 10.2. The van der Waals surface area contributed by atoms with E-state index in [-0.39, 0.29) is 22.5 Å². The van der Waals surface area contributed by atoms with Crippen molar-refractivity contribution in [2.45, 2.75) is 23.8 Å². The molecule has 23 heavy (non-hydrogen) atoms. The number of carbonyl (C=O) groups excluding carboxylic acids is 1. The molecule has 0 radical (unpaired) electrons. The predicted octanol–water partition coefficient (Wildman–Crippen LogP) is 2.52. The van der Waals surface area contributed by atoms with Crippen molar-refractivity contribution < 1.29 is 17.6 Å². The predicted molar refractivity (Wildman–Crippen MR) is 84.1 cm³/mol. The third kappa shape index (κ3) is 3.87. The molecule has 120 valence electrons. The van der Waals surface area contributed by atoms with Crippen LogP contribution in [0.2, 0.25) is 0 Å². The van der Waals surface area contributed by atoms with E-state index in [0.717, 1.165) is 12.8 Å². The van der Waals surface area contributed by atoms with Crippen LogP contribution >= 0.6 is 0 Å². The molecule has 0 aliphatic heterocycles. The van der Waals surface area contributed by atoms with Gasteiger partial charge in [0.25, 0.3) is 15.9 Å². The number of nitrogens with one attached hydrogen (secondary N) is 2. The summed E-state index contributed by atoms with van der Waals surface area (Å²) in [6.07, 6.45) is 1.97. The highest BCUT2D eigenvalue weighted by molar-refractivity contribution is 7.92. The Labute approximate surface area is 133 Å². The quantitative estimate of drug-likeness (QED) is 0.882. The molecule has 0 spiro atoms. The number of benzene rings is 2. The number of amides is 1. The van der Waals surface area contributed by atoms with Gasteiger partial charge in [0.2, 0.25) is 0 Å². The van der Waals surface area contributed by atoms with Crippen LogP contribution in [0.4, 0.5) is 10.1 Å². The maximum absolute atomic E-state index is 12.8. The third-order valence-corrected chi connectivity index (χ3v) is 4.83. The Morgan fingerprint density at radius 3 is 2.17 bits per heavy atom. The van der Waals surface area contributed by atoms with Crippen LogP contribution in [0.15, 0.2) is 53.4 Å². The van der Waals surface area contributed by atoms with Gasteiger partial charge in [0.1, 0.15) is 5.82 Å². The summed E-state index contributed by atoms with van der Waals surface area (Å²) < 4.78 is 39.7. The maximum Gasteiger partial charge on any atom is 0.261 e. The lowest BCUT2D eigenvalue weighted by Gasteiger charge is -2.09. The zero-order chi connectivity index (χ0) is 16.4. The van der Waals surface area contributed by atoms with Crippen LogP contribution in [0.5, 0.6) is 0 Å². The molecule has 1 fully saturated rings.